The third-order valence-corrected chi connectivity index (χ3v) is 10.7. The number of hydrogen-bond acceptors (Lipinski definition) is 5. The van der Waals surface area contributed by atoms with Gasteiger partial charge in [-0.25, -0.2) is 4.98 Å². The summed E-state index contributed by atoms with van der Waals surface area (Å²) in [7, 11) is 0. The summed E-state index contributed by atoms with van der Waals surface area (Å²) in [6, 6.07) is 28.4. The van der Waals surface area contributed by atoms with Crippen molar-refractivity contribution in [1.29, 1.82) is 0 Å². The first-order valence-electron chi connectivity index (χ1n) is 17.3. The molecule has 0 saturated carbocycles. The number of pyridine rings is 1. The largest absolute Gasteiger partial charge is 0.423 e. The van der Waals surface area contributed by atoms with Crippen LogP contribution in [0.3, 0.4) is 0 Å². The zero-order chi connectivity index (χ0) is 32.8. The smallest absolute Gasteiger partial charge is 0.382 e. The van der Waals surface area contributed by atoms with Gasteiger partial charge in [0.25, 0.3) is 0 Å². The zero-order valence-corrected chi connectivity index (χ0v) is 27.2. The number of para-hydroxylation sites is 2. The molecule has 0 N–H and O–H groups in total. The first-order chi connectivity index (χ1) is 24.8. The van der Waals surface area contributed by atoms with Crippen LogP contribution in [-0.4, -0.2) is 60.9 Å². The van der Waals surface area contributed by atoms with Crippen LogP contribution in [0.5, 0.6) is 0 Å². The minimum absolute atomic E-state index is 0.0377. The third kappa shape index (κ3) is 3.88. The van der Waals surface area contributed by atoms with Crippen LogP contribution >= 0.6 is 0 Å². The van der Waals surface area contributed by atoms with Gasteiger partial charge in [0.1, 0.15) is 5.65 Å². The average Bonchev–Trinajstić information content (AvgIpc) is 3.70. The van der Waals surface area contributed by atoms with E-state index >= 15 is 0 Å². The van der Waals surface area contributed by atoms with Crippen molar-refractivity contribution in [3.8, 4) is 5.69 Å². The van der Waals surface area contributed by atoms with Crippen LogP contribution in [-0.2, 0) is 0 Å². The Balaban J connectivity index is 1.09. The second-order valence-corrected chi connectivity index (χ2v) is 13.3. The van der Waals surface area contributed by atoms with Gasteiger partial charge in [-0.05, 0) is 97.5 Å². The number of rotatable bonds is 2. The Labute approximate surface area is 291 Å². The van der Waals surface area contributed by atoms with E-state index in [1.165, 1.54) is 27.2 Å². The van der Waals surface area contributed by atoms with E-state index in [-0.39, 0.29) is 27.9 Å². The first kappa shape index (κ1) is 27.7. The second-order valence-electron chi connectivity index (χ2n) is 13.3. The number of benzene rings is 3. The van der Waals surface area contributed by atoms with Crippen LogP contribution in [0.2, 0.25) is 0 Å². The summed E-state index contributed by atoms with van der Waals surface area (Å²) in [4.78, 5) is 4.85. The summed E-state index contributed by atoms with van der Waals surface area (Å²) >= 11 is 0. The highest BCUT2D eigenvalue weighted by atomic mass is 15.3. The molecular weight excluding hydrogens is 610 g/mol. The van der Waals surface area contributed by atoms with Crippen LogP contribution in [0.1, 0.15) is 0 Å². The monoisotopic (exact) mass is 639 g/mol. The molecule has 1 fully saturated rings. The maximum absolute atomic E-state index is 4.85. The Kier molecular flexibility index (Phi) is 5.90. The number of hydrogen-bond donors (Lipinski definition) is 0. The molecule has 0 atom stereocenters. The maximum Gasteiger partial charge on any atom is 0.382 e. The highest BCUT2D eigenvalue weighted by Crippen LogP contribution is 2.38. The predicted octanol–water partition coefficient (Wildman–Crippen LogP) is 7.24. The van der Waals surface area contributed by atoms with Crippen molar-refractivity contribution < 1.29 is 0 Å². The quantitative estimate of drug-likeness (QED) is 0.187. The van der Waals surface area contributed by atoms with Gasteiger partial charge in [0.2, 0.25) is 0 Å². The lowest BCUT2D eigenvalue weighted by Crippen LogP contribution is -2.73. The first-order valence-corrected chi connectivity index (χ1v) is 17.3. The Bertz CT molecular complexity index is 2560. The van der Waals surface area contributed by atoms with Gasteiger partial charge < -0.3 is 23.5 Å². The lowest BCUT2D eigenvalue weighted by Gasteiger charge is -2.53. The summed E-state index contributed by atoms with van der Waals surface area (Å²) in [5, 5.41) is 4.82. The van der Waals surface area contributed by atoms with Gasteiger partial charge in [0, 0.05) is 39.1 Å². The van der Waals surface area contributed by atoms with E-state index in [1.807, 2.05) is 12.3 Å². The SMILES string of the molecule is C1=CB2N(C=C1)B1C=CC=CN1B1C=C(n3c4ccccc4c4cc(-n5c6ccccc6c6cccnc65)ccc43)C=CN1B1C=CC=CN21. The van der Waals surface area contributed by atoms with Crippen molar-refractivity contribution in [2.24, 2.45) is 0 Å². The fourth-order valence-electron chi connectivity index (χ4n) is 8.61. The van der Waals surface area contributed by atoms with Crippen LogP contribution in [0.4, 0.5) is 0 Å². The van der Waals surface area contributed by atoms with Gasteiger partial charge in [0.15, 0.2) is 0 Å². The Morgan fingerprint density at radius 2 is 1.02 bits per heavy atom. The van der Waals surface area contributed by atoms with E-state index in [4.69, 9.17) is 4.98 Å². The van der Waals surface area contributed by atoms with E-state index in [2.05, 4.69) is 192 Å². The van der Waals surface area contributed by atoms with E-state index in [9.17, 15) is 0 Å². The molecule has 50 heavy (non-hydrogen) atoms. The van der Waals surface area contributed by atoms with Crippen molar-refractivity contribution >= 4 is 77.4 Å². The number of aromatic nitrogens is 3. The van der Waals surface area contributed by atoms with Crippen molar-refractivity contribution in [3.05, 3.63) is 176 Å². The van der Waals surface area contributed by atoms with Crippen molar-refractivity contribution in [1.82, 2.24) is 33.0 Å². The molecule has 0 amide bonds. The summed E-state index contributed by atoms with van der Waals surface area (Å²) in [5.74, 6) is 9.32. The predicted molar refractivity (Wildman–Crippen MR) is 210 cm³/mol. The highest BCUT2D eigenvalue weighted by molar-refractivity contribution is 6.92. The molecule has 3 aromatic carbocycles. The molecule has 6 aromatic rings. The fraction of sp³-hybridized carbons (Fsp3) is 0. The van der Waals surface area contributed by atoms with Gasteiger partial charge in [-0.1, -0.05) is 72.6 Å². The maximum atomic E-state index is 4.85. The molecule has 0 aliphatic carbocycles. The van der Waals surface area contributed by atoms with Gasteiger partial charge in [0.05, 0.1) is 16.6 Å². The van der Waals surface area contributed by atoms with E-state index in [1.54, 1.807) is 0 Å². The van der Waals surface area contributed by atoms with Crippen LogP contribution in [0.15, 0.2) is 176 Å². The third-order valence-electron chi connectivity index (χ3n) is 10.7. The fourth-order valence-corrected chi connectivity index (χ4v) is 8.61. The Morgan fingerprint density at radius 3 is 1.72 bits per heavy atom. The summed E-state index contributed by atoms with van der Waals surface area (Å²) in [6.07, 6.45) is 26.1. The molecule has 11 rings (SSSR count). The van der Waals surface area contributed by atoms with Gasteiger partial charge >= 0.3 is 27.9 Å². The minimum Gasteiger partial charge on any atom is -0.423 e. The molecule has 3 aromatic heterocycles. The van der Waals surface area contributed by atoms with Crippen molar-refractivity contribution in [3.63, 3.8) is 0 Å². The normalized spacial score (nSPS) is 17.6. The molecule has 0 radical (unpaired) electrons. The average molecular weight is 639 g/mol. The van der Waals surface area contributed by atoms with E-state index in [0.717, 1.165) is 27.9 Å². The molecule has 232 valence electrons. The molecular formula is C39H29B4N7. The highest BCUT2D eigenvalue weighted by Gasteiger charge is 2.50. The Hall–Kier alpha value is -6.21. The van der Waals surface area contributed by atoms with Crippen LogP contribution < -0.4 is 0 Å². The molecule has 0 spiro atoms. The molecule has 8 heterocycles. The summed E-state index contributed by atoms with van der Waals surface area (Å²) < 4.78 is 14.6. The molecule has 5 aliphatic rings. The lowest BCUT2D eigenvalue weighted by molar-refractivity contribution is 0.622. The Morgan fingerprint density at radius 1 is 0.460 bits per heavy atom. The summed E-state index contributed by atoms with van der Waals surface area (Å²) in [5.41, 5.74) is 6.75. The van der Waals surface area contributed by atoms with Crippen LogP contribution in [0.25, 0.3) is 55.1 Å². The molecule has 1 saturated heterocycles. The zero-order valence-electron chi connectivity index (χ0n) is 27.2. The standard InChI is InChI=1S/C39H29B4N7/c1-4-16-37-32(12-1)34-14-11-23-44-39(34)50(37)30-17-18-38-35(28-30)33-13-2-3-15-36(33)49(38)31-19-27-48-42-22-6-9-25-46(42)40-20-5-8-24-45(40)41-21-7-10-26-47(41)43(48)29-31/h1-29H. The number of allylic oxidation sites excluding steroid dienone is 8. The summed E-state index contributed by atoms with van der Waals surface area (Å²) in [6.45, 7) is 0.141. The van der Waals surface area contributed by atoms with Gasteiger partial charge in [-0.2, -0.15) is 0 Å². The van der Waals surface area contributed by atoms with E-state index < -0.39 is 0 Å². The van der Waals surface area contributed by atoms with Gasteiger partial charge in [-0.15, -0.1) is 0 Å². The molecule has 0 unspecified atom stereocenters. The van der Waals surface area contributed by atoms with Crippen molar-refractivity contribution in [2.45, 2.75) is 0 Å². The molecule has 11 heteroatoms. The molecule has 5 aliphatic heterocycles. The minimum atomic E-state index is -0.0377. The lowest BCUT2D eigenvalue weighted by atomic mass is 9.42. The van der Waals surface area contributed by atoms with Gasteiger partial charge in [-0.3, -0.25) is 4.57 Å². The topological polar surface area (TPSA) is 35.7 Å². The number of nitrogens with zero attached hydrogens (tertiary/aromatic N) is 7. The second kappa shape index (κ2) is 10.6. The number of fused-ring (bicyclic) bond motifs is 14. The van der Waals surface area contributed by atoms with E-state index in [0.29, 0.717) is 0 Å². The van der Waals surface area contributed by atoms with Crippen LogP contribution in [0, 0.1) is 0 Å². The molecule has 0 bridgehead atoms. The van der Waals surface area contributed by atoms with Crippen molar-refractivity contribution in [2.75, 3.05) is 0 Å². The molecule has 7 nitrogen and oxygen atoms in total.